The molecule has 0 aromatic carbocycles. The van der Waals surface area contributed by atoms with Crippen molar-refractivity contribution in [3.8, 4) is 0 Å². The molecule has 2 heterocycles. The lowest BCUT2D eigenvalue weighted by Crippen LogP contribution is -2.41. The molecule has 2 atom stereocenters. The van der Waals surface area contributed by atoms with Crippen LogP contribution in [0.1, 0.15) is 44.2 Å². The smallest absolute Gasteiger partial charge is 0.310 e. The Kier molecular flexibility index (Phi) is 5.12. The van der Waals surface area contributed by atoms with E-state index in [1.54, 1.807) is 0 Å². The van der Waals surface area contributed by atoms with Gasteiger partial charge in [0, 0.05) is 18.3 Å². The molecule has 0 spiro atoms. The molecule has 6 nitrogen and oxygen atoms in total. The third kappa shape index (κ3) is 3.91. The van der Waals surface area contributed by atoms with E-state index < -0.39 is 0 Å². The van der Waals surface area contributed by atoms with Crippen molar-refractivity contribution in [1.82, 2.24) is 14.9 Å². The van der Waals surface area contributed by atoms with Crippen molar-refractivity contribution in [3.05, 3.63) is 27.9 Å². The van der Waals surface area contributed by atoms with Gasteiger partial charge in [-0.2, -0.15) is 0 Å². The number of ether oxygens (including phenoxy) is 1. The minimum Gasteiger partial charge on any atom is -0.466 e. The van der Waals surface area contributed by atoms with Gasteiger partial charge in [-0.1, -0.05) is 0 Å². The van der Waals surface area contributed by atoms with Gasteiger partial charge in [-0.3, -0.25) is 14.5 Å². The number of nitrogens with zero attached hydrogens (tertiary/aromatic N) is 2. The van der Waals surface area contributed by atoms with Gasteiger partial charge in [0.05, 0.1) is 18.6 Å². The van der Waals surface area contributed by atoms with Crippen LogP contribution in [0.4, 0.5) is 0 Å². The molecule has 0 aliphatic carbocycles. The molecule has 1 N–H and O–H groups in total. The lowest BCUT2D eigenvalue weighted by molar-refractivity contribution is -0.150. The zero-order valence-electron chi connectivity index (χ0n) is 12.9. The van der Waals surface area contributed by atoms with Gasteiger partial charge >= 0.3 is 5.97 Å². The molecule has 6 heteroatoms. The normalized spacial score (nSPS) is 21.0. The van der Waals surface area contributed by atoms with Crippen molar-refractivity contribution in [2.75, 3.05) is 19.7 Å². The number of aromatic amines is 1. The lowest BCUT2D eigenvalue weighted by atomic mass is 9.97. The Morgan fingerprint density at radius 2 is 2.38 bits per heavy atom. The Hall–Kier alpha value is -1.69. The Morgan fingerprint density at radius 3 is 3.05 bits per heavy atom. The summed E-state index contributed by atoms with van der Waals surface area (Å²) in [5.41, 5.74) is 0.572. The van der Waals surface area contributed by atoms with E-state index in [9.17, 15) is 9.59 Å². The first-order valence-electron chi connectivity index (χ1n) is 7.49. The summed E-state index contributed by atoms with van der Waals surface area (Å²) in [6.07, 6.45) is 1.81. The van der Waals surface area contributed by atoms with E-state index in [4.69, 9.17) is 4.74 Å². The third-order valence-electron chi connectivity index (χ3n) is 3.90. The van der Waals surface area contributed by atoms with Crippen LogP contribution in [-0.2, 0) is 9.53 Å². The van der Waals surface area contributed by atoms with Crippen molar-refractivity contribution in [1.29, 1.82) is 0 Å². The molecule has 1 fully saturated rings. The largest absolute Gasteiger partial charge is 0.466 e. The monoisotopic (exact) mass is 293 g/mol. The van der Waals surface area contributed by atoms with Crippen molar-refractivity contribution < 1.29 is 9.53 Å². The molecule has 21 heavy (non-hydrogen) atoms. The second kappa shape index (κ2) is 6.85. The zero-order valence-corrected chi connectivity index (χ0v) is 12.9. The molecule has 1 aromatic rings. The Labute approximate surface area is 124 Å². The van der Waals surface area contributed by atoms with E-state index in [1.807, 2.05) is 20.8 Å². The SMILES string of the molecule is CCOC(=O)[C@H]1CCCN([C@H](C)c2nc(C)cc(=O)[nH]2)C1. The predicted molar refractivity (Wildman–Crippen MR) is 78.9 cm³/mol. The number of carbonyl (C=O) groups excluding carboxylic acids is 1. The van der Waals surface area contributed by atoms with Crippen LogP contribution in [0.3, 0.4) is 0 Å². The zero-order chi connectivity index (χ0) is 15.4. The number of rotatable bonds is 4. The van der Waals surface area contributed by atoms with Gasteiger partial charge in [-0.05, 0) is 40.2 Å². The molecular formula is C15H23N3O3. The molecule has 1 aliphatic heterocycles. The van der Waals surface area contributed by atoms with E-state index in [2.05, 4.69) is 14.9 Å². The van der Waals surface area contributed by atoms with E-state index in [-0.39, 0.29) is 23.5 Å². The van der Waals surface area contributed by atoms with E-state index in [1.165, 1.54) is 6.07 Å². The minimum atomic E-state index is -0.136. The summed E-state index contributed by atoms with van der Waals surface area (Å²) in [7, 11) is 0. The molecule has 1 saturated heterocycles. The summed E-state index contributed by atoms with van der Waals surface area (Å²) in [4.78, 5) is 32.8. The number of carbonyl (C=O) groups is 1. The first-order chi connectivity index (χ1) is 10.0. The van der Waals surface area contributed by atoms with Gasteiger partial charge in [0.2, 0.25) is 0 Å². The van der Waals surface area contributed by atoms with Crippen LogP contribution in [0.5, 0.6) is 0 Å². The summed E-state index contributed by atoms with van der Waals surface area (Å²) in [5, 5.41) is 0. The maximum absolute atomic E-state index is 11.9. The average molecular weight is 293 g/mol. The quantitative estimate of drug-likeness (QED) is 0.850. The first-order valence-corrected chi connectivity index (χ1v) is 7.49. The highest BCUT2D eigenvalue weighted by Gasteiger charge is 2.30. The van der Waals surface area contributed by atoms with Crippen LogP contribution in [0, 0.1) is 12.8 Å². The summed E-state index contributed by atoms with van der Waals surface area (Å²) < 4.78 is 5.11. The fourth-order valence-corrected chi connectivity index (χ4v) is 2.78. The molecule has 0 unspecified atom stereocenters. The second-order valence-electron chi connectivity index (χ2n) is 5.53. The average Bonchev–Trinajstić information content (AvgIpc) is 2.46. The van der Waals surface area contributed by atoms with Gasteiger partial charge in [-0.25, -0.2) is 4.98 Å². The summed E-state index contributed by atoms with van der Waals surface area (Å²) in [6, 6.07) is 1.46. The maximum Gasteiger partial charge on any atom is 0.310 e. The van der Waals surface area contributed by atoms with Crippen LogP contribution in [0.25, 0.3) is 0 Å². The topological polar surface area (TPSA) is 75.3 Å². The number of likely N-dealkylation sites (tertiary alicyclic amines) is 1. The van der Waals surface area contributed by atoms with Crippen molar-refractivity contribution in [3.63, 3.8) is 0 Å². The van der Waals surface area contributed by atoms with Gasteiger partial charge < -0.3 is 9.72 Å². The summed E-state index contributed by atoms with van der Waals surface area (Å²) in [5.74, 6) is 0.447. The first kappa shape index (κ1) is 15.7. The summed E-state index contributed by atoms with van der Waals surface area (Å²) in [6.45, 7) is 7.60. The molecular weight excluding hydrogens is 270 g/mol. The number of esters is 1. The van der Waals surface area contributed by atoms with Crippen molar-refractivity contribution in [2.45, 2.75) is 39.7 Å². The van der Waals surface area contributed by atoms with E-state index in [0.717, 1.165) is 19.4 Å². The molecule has 2 rings (SSSR count). The molecule has 1 aromatic heterocycles. The number of nitrogens with one attached hydrogen (secondary N) is 1. The van der Waals surface area contributed by atoms with Crippen LogP contribution in [0.2, 0.25) is 0 Å². The van der Waals surface area contributed by atoms with Crippen LogP contribution in [0.15, 0.2) is 10.9 Å². The molecule has 0 amide bonds. The molecule has 1 aliphatic rings. The van der Waals surface area contributed by atoms with Crippen LogP contribution >= 0.6 is 0 Å². The highest BCUT2D eigenvalue weighted by atomic mass is 16.5. The van der Waals surface area contributed by atoms with Gasteiger partial charge in [0.25, 0.3) is 5.56 Å². The second-order valence-corrected chi connectivity index (χ2v) is 5.53. The Morgan fingerprint density at radius 1 is 1.62 bits per heavy atom. The number of aryl methyl sites for hydroxylation is 1. The lowest BCUT2D eigenvalue weighted by Gasteiger charge is -2.35. The van der Waals surface area contributed by atoms with Crippen LogP contribution in [-0.4, -0.2) is 40.5 Å². The molecule has 0 saturated carbocycles. The highest BCUT2D eigenvalue weighted by Crippen LogP contribution is 2.25. The van der Waals surface area contributed by atoms with Crippen molar-refractivity contribution in [2.24, 2.45) is 5.92 Å². The fourth-order valence-electron chi connectivity index (χ4n) is 2.78. The number of aromatic nitrogens is 2. The standard InChI is InChI=1S/C15H23N3O3/c1-4-21-15(20)12-6-5-7-18(9-12)11(3)14-16-10(2)8-13(19)17-14/h8,11-12H,4-7,9H2,1-3H3,(H,16,17,19)/t11-,12+/m1/s1. The van der Waals surface area contributed by atoms with Crippen LogP contribution < -0.4 is 5.56 Å². The minimum absolute atomic E-state index is 0.0187. The van der Waals surface area contributed by atoms with Gasteiger partial charge in [0.1, 0.15) is 5.82 Å². The highest BCUT2D eigenvalue weighted by molar-refractivity contribution is 5.72. The summed E-state index contributed by atoms with van der Waals surface area (Å²) >= 11 is 0. The number of hydrogen-bond acceptors (Lipinski definition) is 5. The molecule has 116 valence electrons. The van der Waals surface area contributed by atoms with E-state index >= 15 is 0 Å². The fraction of sp³-hybridized carbons (Fsp3) is 0.667. The van der Waals surface area contributed by atoms with Gasteiger partial charge in [-0.15, -0.1) is 0 Å². The number of piperidine rings is 1. The molecule has 0 bridgehead atoms. The Balaban J connectivity index is 2.09. The number of H-pyrrole nitrogens is 1. The van der Waals surface area contributed by atoms with Gasteiger partial charge in [0.15, 0.2) is 0 Å². The van der Waals surface area contributed by atoms with E-state index in [0.29, 0.717) is 24.7 Å². The maximum atomic E-state index is 11.9. The Bertz CT molecular complexity index is 555. The molecule has 0 radical (unpaired) electrons. The predicted octanol–water partition coefficient (Wildman–Crippen LogP) is 1.41. The number of hydrogen-bond donors (Lipinski definition) is 1. The third-order valence-corrected chi connectivity index (χ3v) is 3.90. The van der Waals surface area contributed by atoms with Crippen molar-refractivity contribution >= 4 is 5.97 Å².